The SMILES string of the molecule is N#Cc1cc(-n2c3ccc(N(c4ccccc4)c4ccc(-c5cccc6c5ccc5c6c6c7ccccc7ccc6n5-c5cc(C#N)c(-n6c7ccc8ccccc8c7c7c8ccccc8ccc76)c(C#N)c5)cc4)cc3c3c4ccccc4ccc32)cc(C#N)c1-n1c2ccc(N(c3ccccc3)c3ccccc3)cc2c2c3ccccc3ccc21. The monoisotopic (exact) mass is 1550 g/mol. The molecule has 4 heterocycles. The highest BCUT2D eigenvalue weighted by atomic mass is 15.2. The Hall–Kier alpha value is -17.3. The van der Waals surface area contributed by atoms with E-state index in [1.165, 1.54) is 0 Å². The molecule has 0 fully saturated rings. The first kappa shape index (κ1) is 69.1. The van der Waals surface area contributed by atoms with Crippen LogP contribution in [-0.2, 0) is 0 Å². The predicted molar refractivity (Wildman–Crippen MR) is 502 cm³/mol. The second-order valence-corrected chi connectivity index (χ2v) is 31.5. The Morgan fingerprint density at radius 1 is 0.189 bits per heavy atom. The summed E-state index contributed by atoms with van der Waals surface area (Å²) in [5.41, 5.74) is 19.3. The van der Waals surface area contributed by atoms with Crippen molar-refractivity contribution in [2.24, 2.45) is 0 Å². The lowest BCUT2D eigenvalue weighted by Gasteiger charge is -2.26. The smallest absolute Gasteiger partial charge is 0.101 e. The van der Waals surface area contributed by atoms with E-state index in [0.29, 0.717) is 45.0 Å². The summed E-state index contributed by atoms with van der Waals surface area (Å²) in [5, 5.41) is 68.0. The fraction of sp³-hybridized carbons (Fsp3) is 0. The normalized spacial score (nSPS) is 11.7. The lowest BCUT2D eigenvalue weighted by Crippen LogP contribution is -2.10. The van der Waals surface area contributed by atoms with E-state index in [-0.39, 0.29) is 0 Å². The van der Waals surface area contributed by atoms with Crippen LogP contribution in [0.15, 0.2) is 388 Å². The van der Waals surface area contributed by atoms with Crippen molar-refractivity contribution in [1.82, 2.24) is 18.3 Å². The molecule has 0 saturated heterocycles. The van der Waals surface area contributed by atoms with E-state index >= 15 is 0 Å². The molecule has 0 unspecified atom stereocenters. The van der Waals surface area contributed by atoms with Crippen molar-refractivity contribution in [3.05, 3.63) is 411 Å². The number of rotatable bonds is 11. The Morgan fingerprint density at radius 3 is 0.861 bits per heavy atom. The van der Waals surface area contributed by atoms with Gasteiger partial charge in [-0.2, -0.15) is 21.0 Å². The lowest BCUT2D eigenvalue weighted by molar-refractivity contribution is 1.12. The third-order valence-electron chi connectivity index (χ3n) is 25.1. The van der Waals surface area contributed by atoms with Gasteiger partial charge in [-0.15, -0.1) is 0 Å². The summed E-state index contributed by atoms with van der Waals surface area (Å²) in [4.78, 5) is 4.58. The molecule has 0 atom stereocenters. The number of anilines is 6. The molecule has 0 spiro atoms. The van der Waals surface area contributed by atoms with E-state index in [2.05, 4.69) is 398 Å². The van der Waals surface area contributed by atoms with Gasteiger partial charge in [-0.25, -0.2) is 0 Å². The summed E-state index contributed by atoms with van der Waals surface area (Å²) in [7, 11) is 0. The van der Waals surface area contributed by atoms with Gasteiger partial charge in [0.2, 0.25) is 0 Å². The number of fused-ring (bicyclic) bond motifs is 24. The highest BCUT2D eigenvalue weighted by Gasteiger charge is 2.29. The molecular weight excluding hydrogens is 1490 g/mol. The quantitative estimate of drug-likeness (QED) is 0.127. The second-order valence-electron chi connectivity index (χ2n) is 31.5. The number of benzene rings is 20. The topological polar surface area (TPSA) is 121 Å². The summed E-state index contributed by atoms with van der Waals surface area (Å²) in [6.07, 6.45) is 0. The predicted octanol–water partition coefficient (Wildman–Crippen LogP) is 29.1. The third kappa shape index (κ3) is 10.3. The van der Waals surface area contributed by atoms with Gasteiger partial charge in [-0.3, -0.25) is 0 Å². The van der Waals surface area contributed by atoms with Gasteiger partial charge in [0, 0.05) is 88.6 Å². The van der Waals surface area contributed by atoms with Crippen molar-refractivity contribution >= 4 is 186 Å². The summed E-state index contributed by atoms with van der Waals surface area (Å²) < 4.78 is 8.74. The Balaban J connectivity index is 0.636. The molecule has 10 heteroatoms. The average Bonchev–Trinajstić information content (AvgIpc) is 1.56. The van der Waals surface area contributed by atoms with Crippen LogP contribution in [0.2, 0.25) is 0 Å². The second kappa shape index (κ2) is 27.2. The van der Waals surface area contributed by atoms with Crippen molar-refractivity contribution in [2.75, 3.05) is 9.80 Å². The van der Waals surface area contributed by atoms with Crippen LogP contribution < -0.4 is 9.80 Å². The van der Waals surface area contributed by atoms with Gasteiger partial charge in [0.05, 0.1) is 77.8 Å². The van der Waals surface area contributed by atoms with Crippen LogP contribution in [0.5, 0.6) is 0 Å². The van der Waals surface area contributed by atoms with E-state index in [1.807, 2.05) is 42.5 Å². The van der Waals surface area contributed by atoms with E-state index in [1.54, 1.807) is 0 Å². The maximum Gasteiger partial charge on any atom is 0.101 e. The highest BCUT2D eigenvalue weighted by Crippen LogP contribution is 2.50. The van der Waals surface area contributed by atoms with Gasteiger partial charge in [0.1, 0.15) is 24.3 Å². The largest absolute Gasteiger partial charge is 0.310 e. The van der Waals surface area contributed by atoms with Gasteiger partial charge in [0.15, 0.2) is 0 Å². The molecule has 10 nitrogen and oxygen atoms in total. The average molecular weight is 1550 g/mol. The molecule has 122 heavy (non-hydrogen) atoms. The Labute approximate surface area is 699 Å². The first-order chi connectivity index (χ1) is 60.4. The maximum absolute atomic E-state index is 11.7. The van der Waals surface area contributed by atoms with Crippen LogP contribution >= 0.6 is 0 Å². The van der Waals surface area contributed by atoms with Gasteiger partial charge in [-0.1, -0.05) is 243 Å². The van der Waals surface area contributed by atoms with Crippen molar-refractivity contribution in [2.45, 2.75) is 0 Å². The molecular formula is C112H64N10. The Kier molecular flexibility index (Phi) is 15.4. The minimum absolute atomic E-state index is 0.360. The molecule has 562 valence electrons. The molecule has 0 bridgehead atoms. The Morgan fingerprint density at radius 2 is 0.467 bits per heavy atom. The van der Waals surface area contributed by atoms with Crippen LogP contribution in [0.1, 0.15) is 22.3 Å². The van der Waals surface area contributed by atoms with Gasteiger partial charge >= 0.3 is 0 Å². The zero-order chi connectivity index (χ0) is 81.0. The van der Waals surface area contributed by atoms with Gasteiger partial charge in [-0.05, 0) is 221 Å². The highest BCUT2D eigenvalue weighted by molar-refractivity contribution is 6.32. The van der Waals surface area contributed by atoms with Crippen molar-refractivity contribution < 1.29 is 0 Å². The number of hydrogen-bond acceptors (Lipinski definition) is 6. The molecule has 0 radical (unpaired) electrons. The van der Waals surface area contributed by atoms with Crippen LogP contribution in [0.4, 0.5) is 34.1 Å². The van der Waals surface area contributed by atoms with Crippen molar-refractivity contribution in [3.63, 3.8) is 0 Å². The molecule has 24 aromatic rings. The summed E-state index contributed by atoms with van der Waals surface area (Å²) in [5.74, 6) is 0. The Bertz CT molecular complexity index is 8620. The number of aromatic nitrogens is 4. The van der Waals surface area contributed by atoms with E-state index in [0.717, 1.165) is 197 Å². The number of para-hydroxylation sites is 3. The third-order valence-corrected chi connectivity index (χ3v) is 25.1. The van der Waals surface area contributed by atoms with Gasteiger partial charge < -0.3 is 28.1 Å². The summed E-state index contributed by atoms with van der Waals surface area (Å²) in [6.45, 7) is 0. The molecule has 0 saturated carbocycles. The fourth-order valence-corrected chi connectivity index (χ4v) is 20.0. The van der Waals surface area contributed by atoms with Crippen LogP contribution in [0.3, 0.4) is 0 Å². The molecule has 20 aromatic carbocycles. The van der Waals surface area contributed by atoms with Crippen molar-refractivity contribution in [3.8, 4) is 58.2 Å². The minimum Gasteiger partial charge on any atom is -0.310 e. The molecule has 0 aliphatic carbocycles. The van der Waals surface area contributed by atoms with E-state index in [9.17, 15) is 21.0 Å². The zero-order valence-electron chi connectivity index (χ0n) is 65.4. The van der Waals surface area contributed by atoms with Gasteiger partial charge in [0.25, 0.3) is 0 Å². The molecule has 0 N–H and O–H groups in total. The maximum atomic E-state index is 11.7. The van der Waals surface area contributed by atoms with E-state index in [4.69, 9.17) is 0 Å². The first-order valence-corrected chi connectivity index (χ1v) is 40.9. The summed E-state index contributed by atoms with van der Waals surface area (Å²) in [6, 6.07) is 147. The molecule has 0 amide bonds. The minimum atomic E-state index is 0.360. The van der Waals surface area contributed by atoms with Crippen molar-refractivity contribution in [1.29, 1.82) is 21.0 Å². The number of hydrogen-bond donors (Lipinski definition) is 0. The first-order valence-electron chi connectivity index (χ1n) is 40.9. The molecule has 4 aromatic heterocycles. The number of nitrogens with zero attached hydrogens (tertiary/aromatic N) is 10. The van der Waals surface area contributed by atoms with Crippen LogP contribution in [-0.4, -0.2) is 18.3 Å². The molecule has 0 aliphatic rings. The van der Waals surface area contributed by atoms with E-state index < -0.39 is 0 Å². The van der Waals surface area contributed by atoms with Crippen LogP contribution in [0, 0.1) is 45.3 Å². The number of nitriles is 4. The lowest BCUT2D eigenvalue weighted by atomic mass is 9.94. The standard InChI is InChI=1S/C112H64N10/c113-65-75-59-85(60-76(66-114)111(75)121-98-57-49-83(117(79-26-4-1-5-27-79)80-28-6-2-7-29-80)64-96(98)106-89-33-16-11-22-70(89)42-52-100(106)121)119-97-56-48-84(63-95(97)105-88-32-15-10-21-69(88)41-51-99(105)119)118(81-30-8-3-9-31-81)82-46-39-74(40-47-82)87-37-20-38-94-93(87)50-58-102-110(94)107-90-34-17-12-23-71(90)43-53-101(107)120(102)86-61-77(67-115)112(78(62-86)68-116)122-103-54-44-72-24-13-18-35-91(72)108(103)109-92-36-19-14-25-73(92)45-55-104(109)122/h1-64H. The summed E-state index contributed by atoms with van der Waals surface area (Å²) >= 11 is 0. The molecule has 24 rings (SSSR count). The zero-order valence-corrected chi connectivity index (χ0v) is 65.4. The molecule has 0 aliphatic heterocycles. The fourth-order valence-electron chi connectivity index (χ4n) is 20.0. The van der Waals surface area contributed by atoms with Crippen LogP contribution in [0.25, 0.3) is 186 Å².